The Balaban J connectivity index is 1.81. The number of aromatic nitrogens is 3. The lowest BCUT2D eigenvalue weighted by Crippen LogP contribution is -2.23. The number of sulfone groups is 1. The number of ether oxygens (including phenoxy) is 2. The summed E-state index contributed by atoms with van der Waals surface area (Å²) in [6, 6.07) is 4.81. The van der Waals surface area contributed by atoms with Crippen molar-refractivity contribution in [2.45, 2.75) is 5.22 Å². The van der Waals surface area contributed by atoms with E-state index >= 15 is 0 Å². The second-order valence-electron chi connectivity index (χ2n) is 5.12. The average Bonchev–Trinajstić information content (AvgIpc) is 3.32. The van der Waals surface area contributed by atoms with Gasteiger partial charge in [-0.2, -0.15) is 0 Å². The van der Waals surface area contributed by atoms with Gasteiger partial charge in [-0.15, -0.1) is 16.4 Å². The molecule has 1 aromatic carbocycles. The Morgan fingerprint density at radius 2 is 1.89 bits per heavy atom. The molecule has 0 radical (unpaired) electrons. The molecule has 0 aliphatic rings. The lowest BCUT2D eigenvalue weighted by atomic mass is 10.2. The van der Waals surface area contributed by atoms with E-state index in [2.05, 4.69) is 20.5 Å². The maximum absolute atomic E-state index is 12.3. The third kappa shape index (κ3) is 4.41. The lowest BCUT2D eigenvalue weighted by Gasteiger charge is -2.05. The van der Waals surface area contributed by atoms with Crippen molar-refractivity contribution < 1.29 is 27.1 Å². The lowest BCUT2D eigenvalue weighted by molar-refractivity contribution is -0.113. The molecule has 0 bridgehead atoms. The average molecular weight is 410 g/mol. The van der Waals surface area contributed by atoms with Crippen molar-refractivity contribution in [3.63, 3.8) is 0 Å². The smallest absolute Gasteiger partial charge is 0.336 e. The van der Waals surface area contributed by atoms with Gasteiger partial charge >= 0.3 is 5.22 Å². The molecule has 10 nitrogen and oxygen atoms in total. The van der Waals surface area contributed by atoms with Gasteiger partial charge in [0.05, 0.1) is 14.2 Å². The van der Waals surface area contributed by atoms with Crippen molar-refractivity contribution in [1.29, 1.82) is 0 Å². The molecule has 0 fully saturated rings. The summed E-state index contributed by atoms with van der Waals surface area (Å²) in [6.07, 6.45) is 1.49. The number of carbonyl (C=O) groups excluding carboxylic acids is 1. The number of thiazole rings is 1. The summed E-state index contributed by atoms with van der Waals surface area (Å²) in [4.78, 5) is 15.7. The number of anilines is 1. The molecule has 27 heavy (non-hydrogen) atoms. The molecule has 3 rings (SSSR count). The molecule has 3 aromatic rings. The minimum atomic E-state index is -4.12. The van der Waals surface area contributed by atoms with Crippen molar-refractivity contribution in [2.75, 3.05) is 25.3 Å². The van der Waals surface area contributed by atoms with Crippen molar-refractivity contribution >= 4 is 32.2 Å². The van der Waals surface area contributed by atoms with E-state index in [1.54, 1.807) is 23.6 Å². The first kappa shape index (κ1) is 18.8. The van der Waals surface area contributed by atoms with Gasteiger partial charge in [-0.1, -0.05) is 5.10 Å². The van der Waals surface area contributed by atoms with Gasteiger partial charge in [0.1, 0.15) is 17.3 Å². The topological polar surface area (TPSA) is 134 Å². The maximum atomic E-state index is 12.3. The van der Waals surface area contributed by atoms with E-state index in [0.29, 0.717) is 22.2 Å². The van der Waals surface area contributed by atoms with Crippen LogP contribution >= 0.6 is 11.3 Å². The number of nitrogens with one attached hydrogen (secondary N) is 1. The fraction of sp³-hybridized carbons (Fsp3) is 0.200. The first-order valence-corrected chi connectivity index (χ1v) is 9.93. The molecule has 0 saturated carbocycles. The predicted molar refractivity (Wildman–Crippen MR) is 95.6 cm³/mol. The number of amides is 1. The van der Waals surface area contributed by atoms with Crippen LogP contribution in [0.4, 0.5) is 5.13 Å². The quantitative estimate of drug-likeness (QED) is 0.616. The molecule has 142 valence electrons. The highest BCUT2D eigenvalue weighted by molar-refractivity contribution is 7.91. The number of carbonyl (C=O) groups is 1. The fourth-order valence-corrected chi connectivity index (χ4v) is 3.51. The number of rotatable bonds is 7. The van der Waals surface area contributed by atoms with Crippen LogP contribution in [0.25, 0.3) is 11.5 Å². The van der Waals surface area contributed by atoms with Crippen molar-refractivity contribution in [3.05, 3.63) is 29.8 Å². The van der Waals surface area contributed by atoms with Crippen LogP contribution in [0.5, 0.6) is 11.5 Å². The second-order valence-corrected chi connectivity index (χ2v) is 7.88. The molecule has 0 unspecified atom stereocenters. The molecule has 1 N–H and O–H groups in total. The molecular weight excluding hydrogens is 396 g/mol. The zero-order valence-corrected chi connectivity index (χ0v) is 15.8. The minimum Gasteiger partial charge on any atom is -0.497 e. The van der Waals surface area contributed by atoms with E-state index in [4.69, 9.17) is 13.9 Å². The Hall–Kier alpha value is -2.99. The van der Waals surface area contributed by atoms with Crippen molar-refractivity contribution in [2.24, 2.45) is 0 Å². The molecule has 0 saturated heterocycles. The zero-order valence-electron chi connectivity index (χ0n) is 14.2. The van der Waals surface area contributed by atoms with E-state index in [0.717, 1.165) is 0 Å². The van der Waals surface area contributed by atoms with Gasteiger partial charge in [0.25, 0.3) is 0 Å². The van der Waals surface area contributed by atoms with Crippen LogP contribution < -0.4 is 14.8 Å². The number of benzene rings is 1. The highest BCUT2D eigenvalue weighted by Gasteiger charge is 2.27. The van der Waals surface area contributed by atoms with Gasteiger partial charge in [0, 0.05) is 23.2 Å². The Labute approximate surface area is 158 Å². The predicted octanol–water partition coefficient (Wildman–Crippen LogP) is 1.62. The first-order valence-electron chi connectivity index (χ1n) is 7.40. The number of hydrogen-bond acceptors (Lipinski definition) is 10. The number of nitrogens with zero attached hydrogens (tertiary/aromatic N) is 3. The van der Waals surface area contributed by atoms with Crippen LogP contribution in [0, 0.1) is 0 Å². The molecule has 0 aliphatic carbocycles. The van der Waals surface area contributed by atoms with E-state index in [1.807, 2.05) is 0 Å². The maximum Gasteiger partial charge on any atom is 0.336 e. The Morgan fingerprint density at radius 1 is 1.19 bits per heavy atom. The van der Waals surface area contributed by atoms with Gasteiger partial charge in [0.15, 0.2) is 5.13 Å². The van der Waals surface area contributed by atoms with E-state index in [1.165, 1.54) is 31.8 Å². The Kier molecular flexibility index (Phi) is 5.37. The Bertz CT molecular complexity index is 1020. The normalized spacial score (nSPS) is 11.2. The highest BCUT2D eigenvalue weighted by Crippen LogP contribution is 2.29. The van der Waals surface area contributed by atoms with Crippen LogP contribution in [0.2, 0.25) is 0 Å². The van der Waals surface area contributed by atoms with Crippen LogP contribution in [-0.4, -0.2) is 49.5 Å². The molecule has 0 spiro atoms. The van der Waals surface area contributed by atoms with Crippen LogP contribution in [-0.2, 0) is 14.6 Å². The molecule has 1 amide bonds. The summed E-state index contributed by atoms with van der Waals surface area (Å²) in [7, 11) is -1.17. The summed E-state index contributed by atoms with van der Waals surface area (Å²) >= 11 is 1.17. The highest BCUT2D eigenvalue weighted by atomic mass is 32.2. The molecular formula is C15H14N4O6S2. The van der Waals surface area contributed by atoms with Gasteiger partial charge in [-0.25, -0.2) is 13.4 Å². The monoisotopic (exact) mass is 410 g/mol. The van der Waals surface area contributed by atoms with E-state index in [-0.39, 0.29) is 5.89 Å². The molecule has 2 aromatic heterocycles. The van der Waals surface area contributed by atoms with E-state index in [9.17, 15) is 13.2 Å². The van der Waals surface area contributed by atoms with Gasteiger partial charge in [-0.3, -0.25) is 4.79 Å². The zero-order chi connectivity index (χ0) is 19.4. The van der Waals surface area contributed by atoms with Crippen molar-refractivity contribution in [3.8, 4) is 23.0 Å². The van der Waals surface area contributed by atoms with Gasteiger partial charge in [0.2, 0.25) is 21.6 Å². The molecule has 0 atom stereocenters. The Morgan fingerprint density at radius 3 is 2.48 bits per heavy atom. The van der Waals surface area contributed by atoms with Crippen LogP contribution in [0.15, 0.2) is 39.4 Å². The SMILES string of the molecule is COc1cc(OC)cc(-c2nnc(S(=O)(=O)CC(=O)Nc3nccs3)o2)c1. The minimum absolute atomic E-state index is 0.0499. The van der Waals surface area contributed by atoms with Crippen LogP contribution in [0.1, 0.15) is 0 Å². The summed E-state index contributed by atoms with van der Waals surface area (Å²) in [5, 5.41) is 11.0. The van der Waals surface area contributed by atoms with Gasteiger partial charge in [-0.05, 0) is 12.1 Å². The molecule has 2 heterocycles. The third-order valence-electron chi connectivity index (χ3n) is 3.27. The van der Waals surface area contributed by atoms with E-state index < -0.39 is 26.7 Å². The molecule has 0 aliphatic heterocycles. The second kappa shape index (κ2) is 7.72. The largest absolute Gasteiger partial charge is 0.497 e. The summed E-state index contributed by atoms with van der Waals surface area (Å²) in [6.45, 7) is 0. The summed E-state index contributed by atoms with van der Waals surface area (Å²) < 4.78 is 40.2. The molecule has 12 heteroatoms. The number of methoxy groups -OCH3 is 2. The fourth-order valence-electron chi connectivity index (χ4n) is 2.06. The summed E-state index contributed by atoms with van der Waals surface area (Å²) in [5.74, 6) is -0.723. The number of hydrogen-bond donors (Lipinski definition) is 1. The van der Waals surface area contributed by atoms with Crippen molar-refractivity contribution in [1.82, 2.24) is 15.2 Å². The third-order valence-corrected chi connectivity index (χ3v) is 5.30. The van der Waals surface area contributed by atoms with Crippen LogP contribution in [0.3, 0.4) is 0 Å². The first-order chi connectivity index (χ1) is 12.9. The van der Waals surface area contributed by atoms with Gasteiger partial charge < -0.3 is 19.2 Å². The standard InChI is InChI=1S/C15H14N4O6S2/c1-23-10-5-9(6-11(7-10)24-2)13-18-19-15(25-13)27(21,22)8-12(20)17-14-16-3-4-26-14/h3-7H,8H2,1-2H3,(H,16,17,20). The summed E-state index contributed by atoms with van der Waals surface area (Å²) in [5.41, 5.74) is 0.410.